The van der Waals surface area contributed by atoms with Crippen molar-refractivity contribution in [3.05, 3.63) is 338 Å². The van der Waals surface area contributed by atoms with Crippen LogP contribution < -0.4 is 88.6 Å². The van der Waals surface area contributed by atoms with Gasteiger partial charge in [0.2, 0.25) is 29.5 Å². The van der Waals surface area contributed by atoms with E-state index in [9.17, 15) is 62.3 Å². The van der Waals surface area contributed by atoms with Gasteiger partial charge in [0.25, 0.3) is 0 Å². The minimum Gasteiger partial charge on any atom is -1.00 e. The van der Waals surface area contributed by atoms with Gasteiger partial charge < -0.3 is 113 Å². The summed E-state index contributed by atoms with van der Waals surface area (Å²) >= 11 is 32.6. The number of ether oxygens (including phenoxy) is 4. The predicted octanol–water partition coefficient (Wildman–Crippen LogP) is 10.0. The molecule has 39 heteroatoms. The zero-order chi connectivity index (χ0) is 98.2. The molecule has 0 saturated carbocycles. The summed E-state index contributed by atoms with van der Waals surface area (Å²) in [5.74, 6) is -4.32. The smallest absolute Gasteiger partial charge is 0.450 e. The van der Waals surface area contributed by atoms with Crippen molar-refractivity contribution in [1.29, 1.82) is 0 Å². The average molecular weight is 2040 g/mol. The zero-order valence-corrected chi connectivity index (χ0v) is 81.2. The van der Waals surface area contributed by atoms with Gasteiger partial charge in [-0.1, -0.05) is 254 Å². The lowest BCUT2D eigenvalue weighted by Crippen LogP contribution is -3.00. The molecule has 0 unspecified atom stereocenters. The number of nitrogens with one attached hydrogen (secondary N) is 8. The second-order valence-electron chi connectivity index (χ2n) is 29.4. The maximum absolute atomic E-state index is 13.3. The van der Waals surface area contributed by atoms with E-state index in [1.54, 1.807) is 148 Å². The van der Waals surface area contributed by atoms with Gasteiger partial charge >= 0.3 is 35.3 Å². The third kappa shape index (κ3) is 45.2. The molecule has 13 N–H and O–H groups in total. The summed E-state index contributed by atoms with van der Waals surface area (Å²) < 4.78 is 20.8. The monoisotopic (exact) mass is 2030 g/mol. The number of anilines is 3. The summed E-state index contributed by atoms with van der Waals surface area (Å²) in [4.78, 5) is 163. The van der Waals surface area contributed by atoms with Gasteiger partial charge in [-0.15, -0.1) is 0 Å². The first kappa shape index (κ1) is 117. The molecule has 10 rings (SSSR count). The summed E-state index contributed by atoms with van der Waals surface area (Å²) in [5.41, 5.74) is 18.8. The first-order valence-corrected chi connectivity index (χ1v) is 45.0. The molecule has 10 aromatic rings. The molecule has 0 aliphatic rings. The number of nitrogens with two attached hydrogens (primary N) is 2. The largest absolute Gasteiger partial charge is 1.00 e. The Balaban J connectivity index is 0.000000395. The first-order chi connectivity index (χ1) is 64.9. The SMILES string of the molecule is CN(C(=O)CNC(=O)[C@@H](N)CCCCN)c1ccc(Cl)cc1C(=O)c1ccccc1.CN(C(=O)CNC(=O)[C@H](CCCCNC(=O)OCc1ccccc1)NC(=O)OCc1ccccc1)c1ccc(Cl)cc1C(=O)c1ccccc1.CNc1ccc(Cl)cc1C(=O)c1ccccc1.ClB(Cl)Cl.O=C(O)CNC(=O)[C@H](CCCCNC(=O)OCc1ccccc1)NC(=O)OCc1ccccc1.[Cl-].[Cl-]. The molecule has 0 fully saturated rings. The topological polar surface area (TPSA) is 434 Å². The highest BCUT2D eigenvalue weighted by Crippen LogP contribution is 2.30. The molecule has 9 amide bonds. The number of nitrogens with zero attached hydrogens (tertiary/aromatic N) is 2. The molecule has 137 heavy (non-hydrogen) atoms. The first-order valence-electron chi connectivity index (χ1n) is 42.6. The Hall–Kier alpha value is -12.8. The van der Waals surface area contributed by atoms with Crippen molar-refractivity contribution in [2.45, 2.75) is 102 Å². The molecule has 0 radical (unpaired) electrons. The van der Waals surface area contributed by atoms with Crippen LogP contribution in [0.2, 0.25) is 15.1 Å². The number of hydrogen-bond acceptors (Lipinski definition) is 20. The van der Waals surface area contributed by atoms with E-state index in [-0.39, 0.29) is 106 Å². The molecule has 3 atom stereocenters. The van der Waals surface area contributed by atoms with Crippen LogP contribution in [0.15, 0.2) is 267 Å². The van der Waals surface area contributed by atoms with Crippen LogP contribution >= 0.6 is 69.2 Å². The van der Waals surface area contributed by atoms with Gasteiger partial charge in [0, 0.05) is 88.4 Å². The number of alkyl carbamates (subject to hydrolysis) is 4. The Bertz CT molecular complexity index is 5440. The molecular formula is C98H107BCl8N12O18-2. The molecule has 30 nitrogen and oxygen atoms in total. The number of unbranched alkanes of at least 4 members (excludes halogenated alkanes) is 3. The van der Waals surface area contributed by atoms with E-state index in [2.05, 4.69) is 42.5 Å². The highest BCUT2D eigenvalue weighted by Gasteiger charge is 2.28. The Labute approximate surface area is 837 Å². The van der Waals surface area contributed by atoms with E-state index in [0.29, 0.717) is 99.5 Å². The Morgan fingerprint density at radius 1 is 0.372 bits per heavy atom. The molecule has 0 saturated heterocycles. The molecule has 10 aromatic carbocycles. The van der Waals surface area contributed by atoms with Gasteiger partial charge in [-0.25, -0.2) is 19.2 Å². The molecule has 0 aromatic heterocycles. The summed E-state index contributed by atoms with van der Waals surface area (Å²) in [6.45, 7) is 0.270. The van der Waals surface area contributed by atoms with Gasteiger partial charge in [0.1, 0.15) is 45.1 Å². The van der Waals surface area contributed by atoms with Crippen molar-refractivity contribution in [3.63, 3.8) is 0 Å². The standard InChI is InChI=1S/C38H39ClN4O7.C24H29N3O7.C22H27ClN4O3.C14H12ClNO.BCl3.2ClH/c1-43(33-21-20-30(39)23-31(33)35(45)29-17-9-4-10-18-29)34(44)24-41-36(46)32(42-38(48)50-26-28-15-7-3-8-16-28)19-11-12-22-40-37(47)49-25-27-13-5-2-6-14-27;28-21(29)15-26-22(30)20(27-24(32)34-17-19-11-5-2-6-12-19)13-7-8-14-25-23(31)33-16-18-9-3-1-4-10-18;1-27(20(28)14-26-22(30)18(25)9-5-6-12-24)19-11-10-16(23)13-17(19)21(29)15-7-3-2-4-8-15;1-16-13-8-7-11(15)9-12(13)14(17)10-5-3-2-4-6-10;2-1(3)4;;/h2-10,13-18,20-21,23,32H,11-12,19,22,24-26H2,1H3,(H,40,47)(H,41,46)(H,42,48);1-6,9-12,20H,7-8,13-17H2,(H,25,31)(H,26,30)(H,27,32)(H,28,29);2-4,7-8,10-11,13,18H,5-6,9,12,14,24-25H2,1H3,(H,26,30);2-9,16H,1H3;;2*1H/p-2/t32-;20-;18-;;;;/m000..../s1. The third-order valence-corrected chi connectivity index (χ3v) is 20.2. The highest BCUT2D eigenvalue weighted by atomic mass is 35.6. The van der Waals surface area contributed by atoms with Gasteiger partial charge in [-0.2, -0.15) is 34.4 Å². The van der Waals surface area contributed by atoms with Gasteiger partial charge in [-0.05, 0) is 135 Å². The van der Waals surface area contributed by atoms with Gasteiger partial charge in [0.05, 0.1) is 30.5 Å². The van der Waals surface area contributed by atoms with Crippen molar-refractivity contribution < 1.29 is 111 Å². The van der Waals surface area contributed by atoms with E-state index in [0.717, 1.165) is 40.8 Å². The van der Waals surface area contributed by atoms with Crippen LogP contribution in [0.5, 0.6) is 0 Å². The molecule has 0 heterocycles. The maximum atomic E-state index is 13.3. The van der Waals surface area contributed by atoms with Crippen molar-refractivity contribution in [2.24, 2.45) is 11.5 Å². The van der Waals surface area contributed by atoms with Crippen LogP contribution in [0.3, 0.4) is 0 Å². The third-order valence-electron chi connectivity index (χ3n) is 19.5. The number of aliphatic carboxylic acids is 1. The van der Waals surface area contributed by atoms with Crippen molar-refractivity contribution in [2.75, 3.05) is 75.5 Å². The Morgan fingerprint density at radius 2 is 0.664 bits per heavy atom. The van der Waals surface area contributed by atoms with Crippen LogP contribution in [-0.2, 0) is 74.1 Å². The van der Waals surface area contributed by atoms with Crippen molar-refractivity contribution in [3.8, 4) is 0 Å². The van der Waals surface area contributed by atoms with E-state index in [1.165, 1.54) is 29.0 Å². The number of ketones is 3. The number of benzene rings is 10. The Kier molecular flexibility index (Phi) is 56.0. The van der Waals surface area contributed by atoms with Crippen LogP contribution in [0.1, 0.15) is 128 Å². The maximum Gasteiger partial charge on any atom is 0.450 e. The van der Waals surface area contributed by atoms with E-state index in [1.807, 2.05) is 121 Å². The molecule has 728 valence electrons. The second kappa shape index (κ2) is 65.8. The predicted molar refractivity (Wildman–Crippen MR) is 525 cm³/mol. The van der Waals surface area contributed by atoms with Gasteiger partial charge in [-0.3, -0.25) is 43.2 Å². The minimum atomic E-state index is -1.20. The highest BCUT2D eigenvalue weighted by molar-refractivity contribution is 7.54. The fourth-order valence-corrected chi connectivity index (χ4v) is 12.9. The molecule has 0 bridgehead atoms. The summed E-state index contributed by atoms with van der Waals surface area (Å²) in [6.07, 6.45) is 1.67. The second-order valence-corrected chi connectivity index (χ2v) is 32.7. The summed E-state index contributed by atoms with van der Waals surface area (Å²) in [7, 11) is 4.82. The fourth-order valence-electron chi connectivity index (χ4n) is 12.4. The number of carbonyl (C=O) groups excluding carboxylic acids is 12. The van der Waals surface area contributed by atoms with Crippen molar-refractivity contribution in [1.82, 2.24) is 37.2 Å². The van der Waals surface area contributed by atoms with Crippen molar-refractivity contribution >= 4 is 168 Å². The number of likely N-dealkylation sites (N-methyl/N-ethyl adjacent to an activating group) is 2. The van der Waals surface area contributed by atoms with Crippen LogP contribution in [-0.4, -0.2) is 166 Å². The lowest BCUT2D eigenvalue weighted by molar-refractivity contribution is -0.138. The lowest BCUT2D eigenvalue weighted by Gasteiger charge is -2.22. The van der Waals surface area contributed by atoms with E-state index >= 15 is 0 Å². The van der Waals surface area contributed by atoms with Gasteiger partial charge in [0.15, 0.2) is 17.3 Å². The number of carboxylic acid groups (broad SMARTS) is 1. The minimum absolute atomic E-state index is 0. The average Bonchev–Trinajstić information content (AvgIpc) is 0.813. The van der Waals surface area contributed by atoms with E-state index in [4.69, 9.17) is 105 Å². The lowest BCUT2D eigenvalue weighted by atomic mass is 10.0. The Morgan fingerprint density at radius 3 is 0.993 bits per heavy atom. The molecule has 0 aliphatic carbocycles. The number of halogens is 8. The molecule has 0 aliphatic heterocycles. The van der Waals surface area contributed by atoms with Crippen LogP contribution in [0.4, 0.5) is 36.2 Å². The number of carboxylic acids is 1. The number of hydrogen-bond donors (Lipinski definition) is 11. The van der Waals surface area contributed by atoms with E-state index < -0.39 is 90.1 Å². The number of carbonyl (C=O) groups is 13. The normalized spacial score (nSPS) is 10.8. The fraction of sp³-hybridized carbons (Fsp3) is 0.255. The molecule has 0 spiro atoms. The number of amides is 9. The van der Waals surface area contributed by atoms with Crippen LogP contribution in [0.25, 0.3) is 0 Å². The summed E-state index contributed by atoms with van der Waals surface area (Å²) in [6, 6.07) is 75.1. The molecular weight excluding hydrogens is 1930 g/mol. The van der Waals surface area contributed by atoms with Crippen LogP contribution in [0, 0.1) is 0 Å². The zero-order valence-electron chi connectivity index (χ0n) is 75.1. The number of rotatable bonds is 42. The quantitative estimate of drug-likeness (QED) is 0.00733. The summed E-state index contributed by atoms with van der Waals surface area (Å²) in [5, 5.41) is 30.8.